The Balaban J connectivity index is 1.53. The highest BCUT2D eigenvalue weighted by molar-refractivity contribution is 7.14. The second-order valence-electron chi connectivity index (χ2n) is 6.26. The van der Waals surface area contributed by atoms with Crippen LogP contribution in [0.5, 0.6) is 0 Å². The molecule has 0 saturated carbocycles. The summed E-state index contributed by atoms with van der Waals surface area (Å²) >= 11 is 1.58. The molecule has 0 radical (unpaired) electrons. The van der Waals surface area contributed by atoms with E-state index in [1.165, 1.54) is 42.9 Å². The number of hydrogen-bond donors (Lipinski definition) is 2. The van der Waals surface area contributed by atoms with E-state index in [1.54, 1.807) is 11.3 Å². The number of amides is 1. The van der Waals surface area contributed by atoms with E-state index in [2.05, 4.69) is 34.2 Å². The molecule has 0 bridgehead atoms. The lowest BCUT2D eigenvalue weighted by Gasteiger charge is -2.06. The van der Waals surface area contributed by atoms with Gasteiger partial charge in [0.05, 0.1) is 5.69 Å². The molecule has 126 valence electrons. The van der Waals surface area contributed by atoms with Crippen LogP contribution in [0.3, 0.4) is 0 Å². The summed E-state index contributed by atoms with van der Waals surface area (Å²) in [6, 6.07) is 14.3. The molecule has 1 amide bonds. The Labute approximate surface area is 150 Å². The molecule has 5 heteroatoms. The average molecular weight is 349 g/mol. The monoisotopic (exact) mass is 349 g/mol. The van der Waals surface area contributed by atoms with Crippen molar-refractivity contribution >= 4 is 33.8 Å². The second-order valence-corrected chi connectivity index (χ2v) is 7.12. The first-order chi connectivity index (χ1) is 12.2. The minimum Gasteiger partial charge on any atom is -0.331 e. The van der Waals surface area contributed by atoms with E-state index in [0.717, 1.165) is 22.2 Å². The number of aryl methyl sites for hydroxylation is 2. The number of rotatable bonds is 4. The van der Waals surface area contributed by atoms with Crippen molar-refractivity contribution in [1.82, 2.24) is 4.98 Å². The van der Waals surface area contributed by atoms with Crippen molar-refractivity contribution < 1.29 is 4.79 Å². The third kappa shape index (κ3) is 3.56. The van der Waals surface area contributed by atoms with Crippen molar-refractivity contribution in [2.45, 2.75) is 26.2 Å². The van der Waals surface area contributed by atoms with E-state index in [9.17, 15) is 4.79 Å². The zero-order valence-corrected chi connectivity index (χ0v) is 14.8. The van der Waals surface area contributed by atoms with Gasteiger partial charge in [-0.05, 0) is 54.7 Å². The number of carbonyl (C=O) groups excluding carboxylic acids is 1. The van der Waals surface area contributed by atoms with E-state index in [-0.39, 0.29) is 5.91 Å². The van der Waals surface area contributed by atoms with Gasteiger partial charge in [-0.15, -0.1) is 11.3 Å². The predicted octanol–water partition coefficient (Wildman–Crippen LogP) is 5.00. The van der Waals surface area contributed by atoms with Gasteiger partial charge in [0, 0.05) is 29.2 Å². The molecule has 3 aromatic rings. The first-order valence-electron chi connectivity index (χ1n) is 8.40. The first-order valence-corrected chi connectivity index (χ1v) is 9.28. The van der Waals surface area contributed by atoms with Gasteiger partial charge in [-0.1, -0.05) is 18.2 Å². The third-order valence-electron chi connectivity index (χ3n) is 4.33. The fourth-order valence-corrected chi connectivity index (χ4v) is 3.94. The molecule has 4 nitrogen and oxygen atoms in total. The summed E-state index contributed by atoms with van der Waals surface area (Å²) in [4.78, 5) is 15.9. The average Bonchev–Trinajstić information content (AvgIpc) is 3.22. The molecule has 1 aliphatic rings. The Morgan fingerprint density at radius 3 is 2.80 bits per heavy atom. The molecule has 1 heterocycles. The van der Waals surface area contributed by atoms with Crippen LogP contribution < -0.4 is 10.6 Å². The molecule has 0 saturated heterocycles. The highest BCUT2D eigenvalue weighted by Gasteiger charge is 2.13. The highest BCUT2D eigenvalue weighted by Crippen LogP contribution is 2.31. The van der Waals surface area contributed by atoms with E-state index in [1.807, 2.05) is 24.3 Å². The maximum absolute atomic E-state index is 11.2. The van der Waals surface area contributed by atoms with Crippen LogP contribution in [0.15, 0.2) is 47.8 Å². The van der Waals surface area contributed by atoms with Gasteiger partial charge in [0.2, 0.25) is 5.91 Å². The van der Waals surface area contributed by atoms with Gasteiger partial charge in [-0.3, -0.25) is 4.79 Å². The third-order valence-corrected chi connectivity index (χ3v) is 5.09. The van der Waals surface area contributed by atoms with Crippen LogP contribution in [0.2, 0.25) is 0 Å². The highest BCUT2D eigenvalue weighted by atomic mass is 32.1. The second kappa shape index (κ2) is 6.69. The number of benzene rings is 2. The zero-order valence-electron chi connectivity index (χ0n) is 14.0. The molecule has 0 aliphatic heterocycles. The smallest absolute Gasteiger partial charge is 0.221 e. The lowest BCUT2D eigenvalue weighted by Crippen LogP contribution is -2.05. The molecule has 1 aliphatic carbocycles. The largest absolute Gasteiger partial charge is 0.331 e. The number of fused-ring (bicyclic) bond motifs is 1. The Hall–Kier alpha value is -2.66. The molecule has 4 rings (SSSR count). The number of thiazole rings is 1. The van der Waals surface area contributed by atoms with E-state index in [0.29, 0.717) is 0 Å². The molecule has 25 heavy (non-hydrogen) atoms. The van der Waals surface area contributed by atoms with Crippen molar-refractivity contribution in [1.29, 1.82) is 0 Å². The van der Waals surface area contributed by atoms with Crippen LogP contribution in [0.25, 0.3) is 11.3 Å². The minimum atomic E-state index is -0.0784. The first kappa shape index (κ1) is 15.8. The van der Waals surface area contributed by atoms with Gasteiger partial charge < -0.3 is 10.6 Å². The summed E-state index contributed by atoms with van der Waals surface area (Å²) in [6.45, 7) is 1.50. The topological polar surface area (TPSA) is 54.0 Å². The van der Waals surface area contributed by atoms with Crippen LogP contribution >= 0.6 is 11.3 Å². The fraction of sp³-hybridized carbons (Fsp3) is 0.200. The van der Waals surface area contributed by atoms with Crippen molar-refractivity contribution in [3.8, 4) is 11.3 Å². The summed E-state index contributed by atoms with van der Waals surface area (Å²) in [6.07, 6.45) is 3.63. The fourth-order valence-electron chi connectivity index (χ4n) is 3.20. The number of anilines is 3. The van der Waals surface area contributed by atoms with Gasteiger partial charge in [-0.2, -0.15) is 0 Å². The quantitative estimate of drug-likeness (QED) is 0.697. The molecule has 0 unspecified atom stereocenters. The van der Waals surface area contributed by atoms with Gasteiger partial charge >= 0.3 is 0 Å². The van der Waals surface area contributed by atoms with Crippen LogP contribution in [-0.2, 0) is 17.6 Å². The van der Waals surface area contributed by atoms with Crippen molar-refractivity contribution in [2.24, 2.45) is 0 Å². The maximum Gasteiger partial charge on any atom is 0.221 e. The lowest BCUT2D eigenvalue weighted by atomic mass is 10.1. The zero-order chi connectivity index (χ0) is 17.2. The summed E-state index contributed by atoms with van der Waals surface area (Å²) in [5, 5.41) is 9.03. The van der Waals surface area contributed by atoms with Crippen LogP contribution in [0.1, 0.15) is 24.5 Å². The Morgan fingerprint density at radius 2 is 1.92 bits per heavy atom. The Kier molecular flexibility index (Phi) is 4.24. The molecule has 0 spiro atoms. The minimum absolute atomic E-state index is 0.0784. The van der Waals surface area contributed by atoms with E-state index in [4.69, 9.17) is 4.98 Å². The Bertz CT molecular complexity index is 932. The van der Waals surface area contributed by atoms with E-state index < -0.39 is 0 Å². The molecule has 2 aromatic carbocycles. The van der Waals surface area contributed by atoms with Gasteiger partial charge in [-0.25, -0.2) is 4.98 Å². The summed E-state index contributed by atoms with van der Waals surface area (Å²) in [5.74, 6) is -0.0784. The van der Waals surface area contributed by atoms with Crippen LogP contribution in [-0.4, -0.2) is 10.9 Å². The van der Waals surface area contributed by atoms with Crippen molar-refractivity contribution in [3.05, 3.63) is 59.0 Å². The van der Waals surface area contributed by atoms with Crippen molar-refractivity contribution in [2.75, 3.05) is 10.6 Å². The lowest BCUT2D eigenvalue weighted by molar-refractivity contribution is -0.114. The Morgan fingerprint density at radius 1 is 1.08 bits per heavy atom. The van der Waals surface area contributed by atoms with E-state index >= 15 is 0 Å². The van der Waals surface area contributed by atoms with Gasteiger partial charge in [0.15, 0.2) is 5.13 Å². The van der Waals surface area contributed by atoms with Crippen LogP contribution in [0.4, 0.5) is 16.5 Å². The number of nitrogens with one attached hydrogen (secondary N) is 2. The molecule has 0 fully saturated rings. The molecular formula is C20H19N3OS. The number of carbonyl (C=O) groups is 1. The van der Waals surface area contributed by atoms with Crippen molar-refractivity contribution in [3.63, 3.8) is 0 Å². The van der Waals surface area contributed by atoms with Gasteiger partial charge in [0.25, 0.3) is 0 Å². The molecule has 2 N–H and O–H groups in total. The number of nitrogens with zero attached hydrogens (tertiary/aromatic N) is 1. The van der Waals surface area contributed by atoms with Gasteiger partial charge in [0.1, 0.15) is 0 Å². The standard InChI is InChI=1S/C20H19N3OS/c1-13(24)21-17-6-3-7-18(11-17)22-20-23-19(12-25-20)16-9-8-14-4-2-5-15(14)10-16/h3,6-12H,2,4-5H2,1H3,(H,21,24)(H,22,23). The number of hydrogen-bond acceptors (Lipinski definition) is 4. The molecular weight excluding hydrogens is 330 g/mol. The SMILES string of the molecule is CC(=O)Nc1cccc(Nc2nc(-c3ccc4c(c3)CCC4)cs2)c1. The predicted molar refractivity (Wildman–Crippen MR) is 104 cm³/mol. The molecule has 1 aromatic heterocycles. The molecule has 0 atom stereocenters. The van der Waals surface area contributed by atoms with Crippen LogP contribution in [0, 0.1) is 0 Å². The maximum atomic E-state index is 11.2. The number of aromatic nitrogens is 1. The summed E-state index contributed by atoms with van der Waals surface area (Å²) < 4.78 is 0. The summed E-state index contributed by atoms with van der Waals surface area (Å²) in [5.41, 5.74) is 6.79. The normalized spacial score (nSPS) is 12.7. The summed E-state index contributed by atoms with van der Waals surface area (Å²) in [7, 11) is 0.